The van der Waals surface area contributed by atoms with Crippen LogP contribution in [0, 0.1) is 0 Å². The van der Waals surface area contributed by atoms with Crippen LogP contribution in [0.25, 0.3) is 0 Å². The number of halogens is 1. The van der Waals surface area contributed by atoms with Crippen molar-refractivity contribution in [3.63, 3.8) is 0 Å². The molecule has 5 heteroatoms. The summed E-state index contributed by atoms with van der Waals surface area (Å²) >= 11 is 9.30. The van der Waals surface area contributed by atoms with E-state index in [0.717, 1.165) is 10.4 Å². The number of thioether (sulfide) groups is 1. The van der Waals surface area contributed by atoms with Crippen molar-refractivity contribution in [2.45, 2.75) is 30.6 Å². The van der Waals surface area contributed by atoms with Crippen LogP contribution in [0.1, 0.15) is 19.3 Å². The van der Waals surface area contributed by atoms with Gasteiger partial charge in [0.1, 0.15) is 5.15 Å². The highest BCUT2D eigenvalue weighted by molar-refractivity contribution is 7.99. The zero-order valence-corrected chi connectivity index (χ0v) is 10.4. The molecule has 0 spiro atoms. The topological polar surface area (TPSA) is 24.9 Å². The summed E-state index contributed by atoms with van der Waals surface area (Å²) < 4.78 is 0. The maximum absolute atomic E-state index is 5.77. The molecule has 0 amide bonds. The molecule has 78 valence electrons. The van der Waals surface area contributed by atoms with Gasteiger partial charge in [0.2, 0.25) is 0 Å². The van der Waals surface area contributed by atoms with Crippen LogP contribution in [0.3, 0.4) is 0 Å². The fourth-order valence-electron chi connectivity index (χ4n) is 1.85. The Morgan fingerprint density at radius 3 is 3.14 bits per heavy atom. The summed E-state index contributed by atoms with van der Waals surface area (Å²) in [6.45, 7) is 0. The number of nitrogens with zero attached hydrogens (tertiary/aromatic N) is 1. The average Bonchev–Trinajstić information content (AvgIpc) is 2.76. The number of aromatic nitrogens is 1. The van der Waals surface area contributed by atoms with Crippen LogP contribution >= 0.6 is 34.7 Å². The highest BCUT2D eigenvalue weighted by Gasteiger charge is 2.26. The molecular weight excluding hydrogens is 236 g/mol. The van der Waals surface area contributed by atoms with E-state index in [2.05, 4.69) is 16.6 Å². The number of hydrogen-bond donors (Lipinski definition) is 1. The molecule has 1 fully saturated rings. The third-order valence-corrected chi connectivity index (χ3v) is 4.81. The van der Waals surface area contributed by atoms with E-state index in [4.69, 9.17) is 11.6 Å². The molecule has 1 N–H and O–H groups in total. The molecule has 1 aliphatic rings. The molecule has 1 heterocycles. The molecule has 0 aliphatic heterocycles. The van der Waals surface area contributed by atoms with Crippen LogP contribution in [0.5, 0.6) is 0 Å². The van der Waals surface area contributed by atoms with Gasteiger partial charge >= 0.3 is 0 Å². The van der Waals surface area contributed by atoms with Gasteiger partial charge in [-0.3, -0.25) is 0 Å². The fraction of sp³-hybridized carbons (Fsp3) is 0.667. The maximum Gasteiger partial charge on any atom is 0.184 e. The van der Waals surface area contributed by atoms with Crippen LogP contribution in [-0.4, -0.2) is 22.5 Å². The summed E-state index contributed by atoms with van der Waals surface area (Å²) in [7, 11) is 0. The van der Waals surface area contributed by atoms with Gasteiger partial charge in [0, 0.05) is 16.7 Å². The molecule has 0 bridgehead atoms. The van der Waals surface area contributed by atoms with E-state index in [1.54, 1.807) is 11.3 Å². The van der Waals surface area contributed by atoms with E-state index >= 15 is 0 Å². The molecule has 1 aromatic heterocycles. The minimum atomic E-state index is 0.576. The zero-order valence-electron chi connectivity index (χ0n) is 8.00. The van der Waals surface area contributed by atoms with Gasteiger partial charge in [-0.1, -0.05) is 18.0 Å². The van der Waals surface area contributed by atoms with Crippen molar-refractivity contribution in [2.75, 3.05) is 11.6 Å². The lowest BCUT2D eigenvalue weighted by Gasteiger charge is -2.18. The van der Waals surface area contributed by atoms with E-state index in [0.29, 0.717) is 11.2 Å². The Kier molecular flexibility index (Phi) is 3.57. The maximum atomic E-state index is 5.77. The Morgan fingerprint density at radius 2 is 2.50 bits per heavy atom. The summed E-state index contributed by atoms with van der Waals surface area (Å²) in [5.74, 6) is 0. The quantitative estimate of drug-likeness (QED) is 0.887. The molecule has 0 radical (unpaired) electrons. The van der Waals surface area contributed by atoms with Crippen LogP contribution in [0.2, 0.25) is 5.15 Å². The number of nitrogens with one attached hydrogen (secondary N) is 1. The molecular formula is C9H13ClN2S2. The van der Waals surface area contributed by atoms with Gasteiger partial charge in [0.05, 0.1) is 0 Å². The first-order chi connectivity index (χ1) is 6.79. The summed E-state index contributed by atoms with van der Waals surface area (Å²) in [6.07, 6.45) is 6.07. The van der Waals surface area contributed by atoms with Crippen molar-refractivity contribution in [3.05, 3.63) is 10.5 Å². The van der Waals surface area contributed by atoms with Gasteiger partial charge < -0.3 is 5.32 Å². The minimum Gasteiger partial charge on any atom is -0.358 e. The van der Waals surface area contributed by atoms with Gasteiger partial charge in [0.15, 0.2) is 5.13 Å². The smallest absolute Gasteiger partial charge is 0.184 e. The van der Waals surface area contributed by atoms with Crippen LogP contribution < -0.4 is 5.32 Å². The Morgan fingerprint density at radius 1 is 1.64 bits per heavy atom. The Hall–Kier alpha value is 0.0700. The van der Waals surface area contributed by atoms with Gasteiger partial charge in [-0.2, -0.15) is 11.8 Å². The van der Waals surface area contributed by atoms with Gasteiger partial charge in [-0.05, 0) is 19.1 Å². The number of hydrogen-bond acceptors (Lipinski definition) is 4. The van der Waals surface area contributed by atoms with Crippen LogP contribution in [0.15, 0.2) is 5.38 Å². The van der Waals surface area contributed by atoms with Crippen molar-refractivity contribution < 1.29 is 0 Å². The molecule has 2 nitrogen and oxygen atoms in total. The molecule has 2 atom stereocenters. The molecule has 2 rings (SSSR count). The number of rotatable bonds is 3. The molecule has 1 aliphatic carbocycles. The largest absolute Gasteiger partial charge is 0.358 e. The van der Waals surface area contributed by atoms with E-state index in [9.17, 15) is 0 Å². The number of anilines is 1. The lowest BCUT2D eigenvalue weighted by atomic mass is 10.2. The van der Waals surface area contributed by atoms with Crippen molar-refractivity contribution in [2.24, 2.45) is 0 Å². The third-order valence-electron chi connectivity index (χ3n) is 2.54. The Balaban J connectivity index is 1.96. The predicted octanol–water partition coefficient (Wildman–Crippen LogP) is 3.49. The average molecular weight is 249 g/mol. The second-order valence-corrected chi connectivity index (χ2v) is 5.75. The normalized spacial score (nSPS) is 26.7. The van der Waals surface area contributed by atoms with Crippen molar-refractivity contribution in [1.29, 1.82) is 0 Å². The Labute approximate surface area is 97.5 Å². The third kappa shape index (κ3) is 2.35. The monoisotopic (exact) mass is 248 g/mol. The molecule has 2 unspecified atom stereocenters. The van der Waals surface area contributed by atoms with Crippen LogP contribution in [-0.2, 0) is 0 Å². The molecule has 0 saturated heterocycles. The molecule has 14 heavy (non-hydrogen) atoms. The van der Waals surface area contributed by atoms with Crippen LogP contribution in [0.4, 0.5) is 5.13 Å². The minimum absolute atomic E-state index is 0.576. The van der Waals surface area contributed by atoms with E-state index in [-0.39, 0.29) is 0 Å². The highest BCUT2D eigenvalue weighted by Crippen LogP contribution is 2.31. The Bertz CT molecular complexity index is 303. The molecule has 1 saturated carbocycles. The standard InChI is InChI=1S/C9H13ClN2S2/c1-13-7-4-2-3-6(7)11-9-12-8(10)5-14-9/h5-7H,2-4H2,1H3,(H,11,12). The van der Waals surface area contributed by atoms with Crippen molar-refractivity contribution in [3.8, 4) is 0 Å². The van der Waals surface area contributed by atoms with E-state index in [1.165, 1.54) is 19.3 Å². The lowest BCUT2D eigenvalue weighted by Crippen LogP contribution is -2.25. The number of thiazole rings is 1. The highest BCUT2D eigenvalue weighted by atomic mass is 35.5. The van der Waals surface area contributed by atoms with E-state index in [1.807, 2.05) is 17.1 Å². The summed E-state index contributed by atoms with van der Waals surface area (Å²) in [4.78, 5) is 4.21. The second kappa shape index (κ2) is 4.73. The van der Waals surface area contributed by atoms with Gasteiger partial charge in [-0.15, -0.1) is 11.3 Å². The summed E-state index contributed by atoms with van der Waals surface area (Å²) in [5, 5.41) is 7.62. The summed E-state index contributed by atoms with van der Waals surface area (Å²) in [5.41, 5.74) is 0. The van der Waals surface area contributed by atoms with Crippen molar-refractivity contribution in [1.82, 2.24) is 4.98 Å². The molecule has 0 aromatic carbocycles. The first-order valence-corrected chi connectivity index (χ1v) is 7.24. The predicted molar refractivity (Wildman–Crippen MR) is 65.7 cm³/mol. The second-order valence-electron chi connectivity index (χ2n) is 3.43. The first kappa shape index (κ1) is 10.6. The fourth-order valence-corrected chi connectivity index (χ4v) is 3.69. The SMILES string of the molecule is CSC1CCCC1Nc1nc(Cl)cs1. The summed E-state index contributed by atoms with van der Waals surface area (Å²) in [6, 6.07) is 0.576. The first-order valence-electron chi connectivity index (χ1n) is 4.70. The van der Waals surface area contributed by atoms with Gasteiger partial charge in [-0.25, -0.2) is 4.98 Å². The zero-order chi connectivity index (χ0) is 9.97. The van der Waals surface area contributed by atoms with Gasteiger partial charge in [0.25, 0.3) is 0 Å². The molecule has 1 aromatic rings. The van der Waals surface area contributed by atoms with Crippen molar-refractivity contribution >= 4 is 39.8 Å². The van der Waals surface area contributed by atoms with E-state index < -0.39 is 0 Å². The lowest BCUT2D eigenvalue weighted by molar-refractivity contribution is 0.767.